The Bertz CT molecular complexity index is 596. The van der Waals surface area contributed by atoms with Crippen LogP contribution in [-0.4, -0.2) is 28.1 Å². The summed E-state index contributed by atoms with van der Waals surface area (Å²) in [6, 6.07) is 1.83. The lowest BCUT2D eigenvalue weighted by molar-refractivity contribution is 0.102. The first-order valence-corrected chi connectivity index (χ1v) is 6.73. The number of aromatic nitrogens is 3. The van der Waals surface area contributed by atoms with Crippen LogP contribution >= 0.6 is 11.3 Å². The molecule has 2 aromatic heterocycles. The molecule has 7 heteroatoms. The van der Waals surface area contributed by atoms with E-state index in [2.05, 4.69) is 25.8 Å². The molecule has 2 N–H and O–H groups in total. The summed E-state index contributed by atoms with van der Waals surface area (Å²) in [6.45, 7) is 3.87. The van der Waals surface area contributed by atoms with Gasteiger partial charge in [-0.15, -0.1) is 10.2 Å². The summed E-state index contributed by atoms with van der Waals surface area (Å²) in [7, 11) is 1.77. The van der Waals surface area contributed by atoms with Gasteiger partial charge in [-0.2, -0.15) is 0 Å². The van der Waals surface area contributed by atoms with Crippen molar-refractivity contribution in [1.82, 2.24) is 15.2 Å². The number of hydrogen-bond donors (Lipinski definition) is 2. The molecule has 1 amide bonds. The van der Waals surface area contributed by atoms with Crippen LogP contribution in [0.4, 0.5) is 10.8 Å². The summed E-state index contributed by atoms with van der Waals surface area (Å²) in [5.41, 5.74) is 2.08. The number of amides is 1. The topological polar surface area (TPSA) is 79.8 Å². The maximum absolute atomic E-state index is 12.2. The van der Waals surface area contributed by atoms with Gasteiger partial charge < -0.3 is 5.32 Å². The molecule has 0 aliphatic rings. The number of carbonyl (C=O) groups excluding carboxylic acids is 1. The zero-order chi connectivity index (χ0) is 13.8. The third-order valence-electron chi connectivity index (χ3n) is 2.54. The summed E-state index contributed by atoms with van der Waals surface area (Å²) in [5.74, 6) is -0.240. The standard InChI is InChI=1S/C12H15N5OS/c1-4-10-16-17-12(19-10)15-11(18)8-6-14-7(2)5-9(8)13-3/h5-6H,4H2,1-3H3,(H,13,14)(H,15,17,18). The zero-order valence-electron chi connectivity index (χ0n) is 11.0. The number of nitrogens with one attached hydrogen (secondary N) is 2. The first-order chi connectivity index (χ1) is 9.13. The lowest BCUT2D eigenvalue weighted by Crippen LogP contribution is -2.14. The van der Waals surface area contributed by atoms with Crippen molar-refractivity contribution in [1.29, 1.82) is 0 Å². The van der Waals surface area contributed by atoms with Crippen LogP contribution < -0.4 is 10.6 Å². The van der Waals surface area contributed by atoms with Gasteiger partial charge in [-0.3, -0.25) is 15.1 Å². The molecule has 2 aromatic rings. The lowest BCUT2D eigenvalue weighted by Gasteiger charge is -2.08. The van der Waals surface area contributed by atoms with Crippen LogP contribution in [0.25, 0.3) is 0 Å². The molecule has 2 heterocycles. The molecule has 0 atom stereocenters. The smallest absolute Gasteiger partial charge is 0.261 e. The third kappa shape index (κ3) is 3.05. The number of hydrogen-bond acceptors (Lipinski definition) is 6. The summed E-state index contributed by atoms with van der Waals surface area (Å²) >= 11 is 1.38. The molecule has 0 aliphatic heterocycles. The van der Waals surface area contributed by atoms with Crippen LogP contribution in [0, 0.1) is 6.92 Å². The fourth-order valence-corrected chi connectivity index (χ4v) is 2.23. The van der Waals surface area contributed by atoms with E-state index >= 15 is 0 Å². The van der Waals surface area contributed by atoms with Gasteiger partial charge in [0.25, 0.3) is 5.91 Å². The molecule has 0 unspecified atom stereocenters. The summed E-state index contributed by atoms with van der Waals surface area (Å²) in [5, 5.41) is 15.0. The molecule has 2 rings (SSSR count). The van der Waals surface area contributed by atoms with Crippen LogP contribution in [0.2, 0.25) is 0 Å². The second-order valence-electron chi connectivity index (χ2n) is 3.93. The fourth-order valence-electron chi connectivity index (χ4n) is 1.56. The van der Waals surface area contributed by atoms with Crippen molar-refractivity contribution in [3.05, 3.63) is 28.5 Å². The van der Waals surface area contributed by atoms with Gasteiger partial charge in [-0.1, -0.05) is 18.3 Å². The molecular weight excluding hydrogens is 262 g/mol. The van der Waals surface area contributed by atoms with Crippen molar-refractivity contribution in [3.8, 4) is 0 Å². The molecule has 19 heavy (non-hydrogen) atoms. The Morgan fingerprint density at radius 3 is 2.84 bits per heavy atom. The van der Waals surface area contributed by atoms with E-state index in [9.17, 15) is 4.79 Å². The predicted molar refractivity (Wildman–Crippen MR) is 75.8 cm³/mol. The van der Waals surface area contributed by atoms with E-state index in [1.807, 2.05) is 19.9 Å². The van der Waals surface area contributed by atoms with Crippen molar-refractivity contribution in [2.45, 2.75) is 20.3 Å². The van der Waals surface area contributed by atoms with Crippen molar-refractivity contribution in [3.63, 3.8) is 0 Å². The number of pyridine rings is 1. The van der Waals surface area contributed by atoms with Crippen molar-refractivity contribution < 1.29 is 4.79 Å². The van der Waals surface area contributed by atoms with Crippen molar-refractivity contribution in [2.24, 2.45) is 0 Å². The quantitative estimate of drug-likeness (QED) is 0.894. The van der Waals surface area contributed by atoms with E-state index in [4.69, 9.17) is 0 Å². The van der Waals surface area contributed by atoms with E-state index in [0.29, 0.717) is 10.7 Å². The normalized spacial score (nSPS) is 10.3. The van der Waals surface area contributed by atoms with Crippen molar-refractivity contribution >= 4 is 28.1 Å². The average Bonchev–Trinajstić information content (AvgIpc) is 2.86. The van der Waals surface area contributed by atoms with Gasteiger partial charge in [-0.05, 0) is 19.4 Å². The van der Waals surface area contributed by atoms with Gasteiger partial charge in [0.05, 0.1) is 11.3 Å². The molecule has 0 radical (unpaired) electrons. The van der Waals surface area contributed by atoms with Gasteiger partial charge in [-0.25, -0.2) is 0 Å². The van der Waals surface area contributed by atoms with Crippen LogP contribution in [-0.2, 0) is 6.42 Å². The van der Waals surface area contributed by atoms with E-state index in [-0.39, 0.29) is 5.91 Å². The minimum absolute atomic E-state index is 0.240. The highest BCUT2D eigenvalue weighted by molar-refractivity contribution is 7.15. The summed E-state index contributed by atoms with van der Waals surface area (Å²) in [6.07, 6.45) is 2.36. The minimum atomic E-state index is -0.240. The van der Waals surface area contributed by atoms with Crippen LogP contribution in [0.3, 0.4) is 0 Å². The summed E-state index contributed by atoms with van der Waals surface area (Å²) in [4.78, 5) is 16.3. The number of nitrogens with zero attached hydrogens (tertiary/aromatic N) is 3. The molecule has 0 aliphatic carbocycles. The number of carbonyl (C=O) groups is 1. The second kappa shape index (κ2) is 5.75. The first kappa shape index (κ1) is 13.4. The minimum Gasteiger partial charge on any atom is -0.387 e. The molecule has 0 spiro atoms. The fraction of sp³-hybridized carbons (Fsp3) is 0.333. The molecular formula is C12H15N5OS. The van der Waals surface area contributed by atoms with Crippen LogP contribution in [0.1, 0.15) is 28.0 Å². The van der Waals surface area contributed by atoms with E-state index < -0.39 is 0 Å². The van der Waals surface area contributed by atoms with E-state index in [1.54, 1.807) is 13.2 Å². The molecule has 0 fully saturated rings. The van der Waals surface area contributed by atoms with Crippen LogP contribution in [0.15, 0.2) is 12.3 Å². The molecule has 0 saturated heterocycles. The monoisotopic (exact) mass is 277 g/mol. The molecule has 0 aromatic carbocycles. The number of aryl methyl sites for hydroxylation is 2. The Morgan fingerprint density at radius 2 is 2.21 bits per heavy atom. The highest BCUT2D eigenvalue weighted by Gasteiger charge is 2.14. The molecule has 0 saturated carbocycles. The Balaban J connectivity index is 2.20. The van der Waals surface area contributed by atoms with Gasteiger partial charge in [0.15, 0.2) is 0 Å². The Morgan fingerprint density at radius 1 is 1.42 bits per heavy atom. The van der Waals surface area contributed by atoms with Gasteiger partial charge in [0.2, 0.25) is 5.13 Å². The SMILES string of the molecule is CCc1nnc(NC(=O)c2cnc(C)cc2NC)s1. The summed E-state index contributed by atoms with van der Waals surface area (Å²) < 4.78 is 0. The molecule has 100 valence electrons. The highest BCUT2D eigenvalue weighted by Crippen LogP contribution is 2.19. The second-order valence-corrected chi connectivity index (χ2v) is 4.99. The van der Waals surface area contributed by atoms with Gasteiger partial charge in [0.1, 0.15) is 5.01 Å². The average molecular weight is 277 g/mol. The third-order valence-corrected chi connectivity index (χ3v) is 3.53. The van der Waals surface area contributed by atoms with Gasteiger partial charge in [0, 0.05) is 18.9 Å². The maximum atomic E-state index is 12.2. The number of anilines is 2. The maximum Gasteiger partial charge on any atom is 0.261 e. The van der Waals surface area contributed by atoms with Gasteiger partial charge >= 0.3 is 0 Å². The lowest BCUT2D eigenvalue weighted by atomic mass is 10.2. The molecule has 0 bridgehead atoms. The Kier molecular flexibility index (Phi) is 4.06. The first-order valence-electron chi connectivity index (χ1n) is 5.92. The highest BCUT2D eigenvalue weighted by atomic mass is 32.1. The molecule has 6 nitrogen and oxygen atoms in total. The zero-order valence-corrected chi connectivity index (χ0v) is 11.8. The van der Waals surface area contributed by atoms with Crippen molar-refractivity contribution in [2.75, 3.05) is 17.7 Å². The number of rotatable bonds is 4. The van der Waals surface area contributed by atoms with E-state index in [1.165, 1.54) is 11.3 Å². The van der Waals surface area contributed by atoms with Crippen LogP contribution in [0.5, 0.6) is 0 Å². The largest absolute Gasteiger partial charge is 0.387 e. The predicted octanol–water partition coefficient (Wildman–Crippen LogP) is 2.10. The van der Waals surface area contributed by atoms with E-state index in [0.717, 1.165) is 22.8 Å². The Labute approximate surface area is 115 Å². The Hall–Kier alpha value is -2.02.